The van der Waals surface area contributed by atoms with Gasteiger partial charge in [0.25, 0.3) is 11.8 Å². The molecule has 0 spiro atoms. The van der Waals surface area contributed by atoms with E-state index < -0.39 is 0 Å². The Kier molecular flexibility index (Phi) is 4.64. The van der Waals surface area contributed by atoms with E-state index in [9.17, 15) is 9.59 Å². The van der Waals surface area contributed by atoms with Crippen LogP contribution in [0.4, 0.5) is 5.69 Å². The van der Waals surface area contributed by atoms with Crippen LogP contribution in [0.25, 0.3) is 5.57 Å². The second-order valence-corrected chi connectivity index (χ2v) is 8.58. The van der Waals surface area contributed by atoms with Crippen LogP contribution < -0.4 is 4.90 Å². The van der Waals surface area contributed by atoms with Gasteiger partial charge in [-0.15, -0.1) is 11.3 Å². The molecule has 4 rings (SSSR count). The molecule has 0 saturated carbocycles. The number of anilines is 1. The lowest BCUT2D eigenvalue weighted by molar-refractivity contribution is -0.120. The lowest BCUT2D eigenvalue weighted by atomic mass is 9.99. The third-order valence-corrected chi connectivity index (χ3v) is 6.28. The van der Waals surface area contributed by atoms with Crippen LogP contribution in [0.2, 0.25) is 0 Å². The number of piperidine rings is 1. The molecule has 1 saturated heterocycles. The number of amides is 2. The third-order valence-electron chi connectivity index (χ3n) is 5.39. The van der Waals surface area contributed by atoms with Crippen molar-refractivity contribution in [2.45, 2.75) is 33.6 Å². The van der Waals surface area contributed by atoms with E-state index in [0.29, 0.717) is 22.9 Å². The van der Waals surface area contributed by atoms with E-state index in [-0.39, 0.29) is 11.8 Å². The van der Waals surface area contributed by atoms with Crippen LogP contribution in [-0.4, -0.2) is 29.8 Å². The largest absolute Gasteiger partial charge is 0.366 e. The Morgan fingerprint density at radius 3 is 2.59 bits per heavy atom. The second kappa shape index (κ2) is 6.97. The highest BCUT2D eigenvalue weighted by Crippen LogP contribution is 2.38. The predicted octanol–water partition coefficient (Wildman–Crippen LogP) is 4.38. The van der Waals surface area contributed by atoms with Gasteiger partial charge in [0.1, 0.15) is 5.70 Å². The minimum absolute atomic E-state index is 0.190. The van der Waals surface area contributed by atoms with Crippen molar-refractivity contribution in [1.29, 1.82) is 0 Å². The Morgan fingerprint density at radius 2 is 1.93 bits per heavy atom. The number of nitrogens with zero attached hydrogens (tertiary/aromatic N) is 2. The van der Waals surface area contributed by atoms with Crippen LogP contribution in [-0.2, 0) is 9.59 Å². The first-order valence-corrected chi connectivity index (χ1v) is 10.3. The lowest BCUT2D eigenvalue weighted by Crippen LogP contribution is -2.39. The van der Waals surface area contributed by atoms with Crippen LogP contribution in [0.5, 0.6) is 0 Å². The highest BCUT2D eigenvalue weighted by atomic mass is 32.1. The molecular formula is C22H24N2O2S. The molecule has 4 nitrogen and oxygen atoms in total. The Balaban J connectivity index is 1.82. The summed E-state index contributed by atoms with van der Waals surface area (Å²) in [6, 6.07) is 9.72. The Hall–Kier alpha value is -2.40. The number of likely N-dealkylation sites (tertiary alicyclic amines) is 1. The topological polar surface area (TPSA) is 40.6 Å². The molecule has 1 aromatic carbocycles. The van der Waals surface area contributed by atoms with Gasteiger partial charge in [0.2, 0.25) is 0 Å². The number of rotatable bonds is 3. The number of imide groups is 1. The fourth-order valence-electron chi connectivity index (χ4n) is 4.12. The van der Waals surface area contributed by atoms with E-state index >= 15 is 0 Å². The molecule has 27 heavy (non-hydrogen) atoms. The van der Waals surface area contributed by atoms with Crippen molar-refractivity contribution in [3.63, 3.8) is 0 Å². The van der Waals surface area contributed by atoms with E-state index in [1.807, 2.05) is 49.6 Å². The molecule has 2 aromatic rings. The molecule has 1 atom stereocenters. The molecule has 5 heteroatoms. The molecule has 0 radical (unpaired) electrons. The number of hydrogen-bond acceptors (Lipinski definition) is 4. The van der Waals surface area contributed by atoms with E-state index in [2.05, 4.69) is 11.8 Å². The van der Waals surface area contributed by atoms with Crippen molar-refractivity contribution in [1.82, 2.24) is 4.90 Å². The van der Waals surface area contributed by atoms with Gasteiger partial charge in [-0.25, -0.2) is 4.90 Å². The van der Waals surface area contributed by atoms with Crippen LogP contribution in [0.15, 0.2) is 41.4 Å². The first-order valence-electron chi connectivity index (χ1n) is 9.46. The molecule has 3 heterocycles. The average Bonchev–Trinajstić information content (AvgIpc) is 3.22. The SMILES string of the molecule is Cc1ccc(N2C(=O)C(c3cccs3)=C(N3CCCC(C)C3)C2=O)c(C)c1. The minimum atomic E-state index is -0.206. The van der Waals surface area contributed by atoms with Crippen molar-refractivity contribution in [3.8, 4) is 0 Å². The molecular weight excluding hydrogens is 356 g/mol. The summed E-state index contributed by atoms with van der Waals surface area (Å²) in [5.74, 6) is 0.126. The number of carbonyl (C=O) groups excluding carboxylic acids is 2. The van der Waals surface area contributed by atoms with Crippen molar-refractivity contribution in [2.75, 3.05) is 18.0 Å². The number of aryl methyl sites for hydroxylation is 2. The highest BCUT2D eigenvalue weighted by molar-refractivity contribution is 7.11. The van der Waals surface area contributed by atoms with Gasteiger partial charge in [-0.3, -0.25) is 9.59 Å². The summed E-state index contributed by atoms with van der Waals surface area (Å²) in [6.45, 7) is 7.83. The van der Waals surface area contributed by atoms with Crippen LogP contribution in [0, 0.1) is 19.8 Å². The first-order chi connectivity index (χ1) is 13.0. The van der Waals surface area contributed by atoms with E-state index in [1.165, 1.54) is 22.7 Å². The van der Waals surface area contributed by atoms with Gasteiger partial charge in [0.15, 0.2) is 0 Å². The molecule has 0 N–H and O–H groups in total. The summed E-state index contributed by atoms with van der Waals surface area (Å²) in [5, 5.41) is 1.95. The third kappa shape index (κ3) is 3.10. The molecule has 0 aliphatic carbocycles. The van der Waals surface area contributed by atoms with Crippen molar-refractivity contribution in [2.24, 2.45) is 5.92 Å². The van der Waals surface area contributed by atoms with Gasteiger partial charge in [-0.05, 0) is 55.7 Å². The van der Waals surface area contributed by atoms with Gasteiger partial charge in [0, 0.05) is 18.0 Å². The minimum Gasteiger partial charge on any atom is -0.366 e. The van der Waals surface area contributed by atoms with E-state index in [4.69, 9.17) is 0 Å². The highest BCUT2D eigenvalue weighted by Gasteiger charge is 2.43. The molecule has 2 aliphatic heterocycles. The summed E-state index contributed by atoms with van der Waals surface area (Å²) >= 11 is 1.51. The summed E-state index contributed by atoms with van der Waals surface area (Å²) in [6.07, 6.45) is 2.22. The quantitative estimate of drug-likeness (QED) is 0.742. The Labute approximate surface area is 164 Å². The zero-order valence-corrected chi connectivity index (χ0v) is 16.8. The monoisotopic (exact) mass is 380 g/mol. The van der Waals surface area contributed by atoms with E-state index in [0.717, 1.165) is 35.5 Å². The molecule has 1 fully saturated rings. The van der Waals surface area contributed by atoms with Gasteiger partial charge in [-0.2, -0.15) is 0 Å². The van der Waals surface area contributed by atoms with Crippen molar-refractivity contribution in [3.05, 3.63) is 57.4 Å². The maximum Gasteiger partial charge on any atom is 0.282 e. The Morgan fingerprint density at radius 1 is 1.11 bits per heavy atom. The number of hydrogen-bond donors (Lipinski definition) is 0. The van der Waals surface area contributed by atoms with Gasteiger partial charge < -0.3 is 4.90 Å². The molecule has 2 aliphatic rings. The molecule has 1 aromatic heterocycles. The molecule has 0 bridgehead atoms. The maximum absolute atomic E-state index is 13.5. The second-order valence-electron chi connectivity index (χ2n) is 7.63. The fraction of sp³-hybridized carbons (Fsp3) is 0.364. The standard InChI is InChI=1S/C22H24N2O2S/c1-14-8-9-17(16(3)12-14)24-21(25)19(18-7-5-11-27-18)20(22(24)26)23-10-4-6-15(2)13-23/h5,7-9,11-12,15H,4,6,10,13H2,1-3H3. The number of thiophene rings is 1. The molecule has 140 valence electrons. The molecule has 2 amide bonds. The Bertz CT molecular complexity index is 930. The van der Waals surface area contributed by atoms with Gasteiger partial charge in [0.05, 0.1) is 11.3 Å². The zero-order chi connectivity index (χ0) is 19.1. The van der Waals surface area contributed by atoms with Crippen molar-refractivity contribution >= 4 is 34.4 Å². The van der Waals surface area contributed by atoms with E-state index in [1.54, 1.807) is 0 Å². The average molecular weight is 381 g/mol. The predicted molar refractivity (Wildman–Crippen MR) is 110 cm³/mol. The first kappa shape index (κ1) is 18.0. The van der Waals surface area contributed by atoms with Gasteiger partial charge in [-0.1, -0.05) is 30.7 Å². The van der Waals surface area contributed by atoms with Crippen LogP contribution in [0.3, 0.4) is 0 Å². The molecule has 1 unspecified atom stereocenters. The summed E-state index contributed by atoms with van der Waals surface area (Å²) in [5.41, 5.74) is 3.88. The van der Waals surface area contributed by atoms with Crippen LogP contribution in [0.1, 0.15) is 35.8 Å². The lowest BCUT2D eigenvalue weighted by Gasteiger charge is -2.33. The number of carbonyl (C=O) groups is 2. The fourth-order valence-corrected chi connectivity index (χ4v) is 4.88. The maximum atomic E-state index is 13.5. The van der Waals surface area contributed by atoms with Gasteiger partial charge >= 0.3 is 0 Å². The van der Waals surface area contributed by atoms with Crippen LogP contribution >= 0.6 is 11.3 Å². The van der Waals surface area contributed by atoms with Crippen molar-refractivity contribution < 1.29 is 9.59 Å². The zero-order valence-electron chi connectivity index (χ0n) is 16.0. The summed E-state index contributed by atoms with van der Waals surface area (Å²) in [7, 11) is 0. The smallest absolute Gasteiger partial charge is 0.282 e. The summed E-state index contributed by atoms with van der Waals surface area (Å²) in [4.78, 5) is 31.3. The summed E-state index contributed by atoms with van der Waals surface area (Å²) < 4.78 is 0. The number of benzene rings is 1. The normalized spacial score (nSPS) is 20.8.